The molecule has 0 fully saturated rings. The number of rotatable bonds is 11. The second kappa shape index (κ2) is 14.7. The first-order valence-corrected chi connectivity index (χ1v) is 17.7. The van der Waals surface area contributed by atoms with E-state index in [1.807, 2.05) is 89.8 Å². The Morgan fingerprint density at radius 3 is 2.00 bits per heavy atom. The number of anilines is 1. The number of nitrogens with zero attached hydrogens (tertiary/aromatic N) is 1. The van der Waals surface area contributed by atoms with Crippen molar-refractivity contribution >= 4 is 53.2 Å². The van der Waals surface area contributed by atoms with Crippen LogP contribution in [0.1, 0.15) is 12.8 Å². The van der Waals surface area contributed by atoms with Crippen LogP contribution in [0.3, 0.4) is 0 Å². The maximum Gasteiger partial charge on any atom is 1.00 e. The third kappa shape index (κ3) is 8.47. The van der Waals surface area contributed by atoms with Crippen molar-refractivity contribution in [2.75, 3.05) is 29.5 Å². The Hall–Kier alpha value is -2.56. The summed E-state index contributed by atoms with van der Waals surface area (Å²) >= 11 is 0. The Labute approximate surface area is 310 Å². The van der Waals surface area contributed by atoms with E-state index in [-0.39, 0.29) is 70.8 Å². The van der Waals surface area contributed by atoms with E-state index in [1.165, 1.54) is 0 Å². The Morgan fingerprint density at radius 2 is 1.35 bits per heavy atom. The molecule has 4 aromatic carbocycles. The Kier molecular flexibility index (Phi) is 11.1. The molecule has 46 heavy (non-hydrogen) atoms. The second-order valence-corrected chi connectivity index (χ2v) is 14.0. The van der Waals surface area contributed by atoms with Gasteiger partial charge < -0.3 is 23.5 Å². The minimum atomic E-state index is -4.35. The zero-order valence-corrected chi connectivity index (χ0v) is 29.9. The maximum atomic E-state index is 11.2. The van der Waals surface area contributed by atoms with Crippen molar-refractivity contribution in [3.63, 3.8) is 0 Å². The molecule has 0 saturated heterocycles. The van der Waals surface area contributed by atoms with E-state index >= 15 is 0 Å². The molecule has 4 aromatic rings. The molecule has 2 heterocycles. The van der Waals surface area contributed by atoms with Crippen LogP contribution in [0, 0.1) is 0 Å². The third-order valence-corrected chi connectivity index (χ3v) is 9.33. The fourth-order valence-corrected chi connectivity index (χ4v) is 6.69. The van der Waals surface area contributed by atoms with Gasteiger partial charge in [0.05, 0.1) is 32.5 Å². The molecule has 0 spiro atoms. The fraction of sp³-hybridized carbons (Fsp3) is 0.212. The summed E-state index contributed by atoms with van der Waals surface area (Å²) in [6.45, 7) is 0.673. The molecule has 1 N–H and O–H groups in total. The number of nitrogens with one attached hydrogen (secondary N) is 1. The van der Waals surface area contributed by atoms with Gasteiger partial charge in [-0.05, 0) is 52.2 Å². The summed E-state index contributed by atoms with van der Waals surface area (Å²) in [6.07, 6.45) is 8.95. The van der Waals surface area contributed by atoms with E-state index in [4.69, 9.17) is 9.47 Å². The molecular formula is C33H31KN2O8S2. The third-order valence-electron chi connectivity index (χ3n) is 7.75. The minimum absolute atomic E-state index is 0. The topological polar surface area (TPSA) is 141 Å². The molecule has 0 saturated carbocycles. The van der Waals surface area contributed by atoms with Crippen molar-refractivity contribution in [3.05, 3.63) is 109 Å². The first-order chi connectivity index (χ1) is 21.5. The molecule has 2 aliphatic rings. The molecule has 2 atom stereocenters. The van der Waals surface area contributed by atoms with E-state index in [9.17, 15) is 25.9 Å². The van der Waals surface area contributed by atoms with E-state index < -0.39 is 38.0 Å². The van der Waals surface area contributed by atoms with Crippen LogP contribution in [0.15, 0.2) is 109 Å². The van der Waals surface area contributed by atoms with Gasteiger partial charge in [0.1, 0.15) is 0 Å². The maximum absolute atomic E-state index is 11.2. The standard InChI is InChI=1S/C33H32N2O8S2.K/c36-44(37,38)18-8-16-34-28-20-24-10-4-6-12-26(24)22-30(28)42-32(34)14-2-1-3-15-33-35(17-9-19-45(39,40)41)29-21-25-11-5-7-13-27(25)23-31(29)43-33;/h1-7,10-15,20-23,32H,8-9,16-19H2,(H,36,37,38)(H,39,40,41);/q;+1/p-1/b3-1+,14-2+,33-15+;. The molecule has 10 nitrogen and oxygen atoms in total. The van der Waals surface area contributed by atoms with Crippen LogP contribution >= 0.6 is 0 Å². The summed E-state index contributed by atoms with van der Waals surface area (Å²) in [5.74, 6) is 0.915. The van der Waals surface area contributed by atoms with Crippen LogP contribution in [0.25, 0.3) is 21.5 Å². The van der Waals surface area contributed by atoms with Crippen LogP contribution in [0.2, 0.25) is 0 Å². The number of ether oxygens (including phenoxy) is 2. The zero-order valence-electron chi connectivity index (χ0n) is 25.2. The summed E-state index contributed by atoms with van der Waals surface area (Å²) in [4.78, 5) is 2.77. The summed E-state index contributed by atoms with van der Waals surface area (Å²) in [6, 6.07) is 23.7. The molecule has 6 rings (SSSR count). The largest absolute Gasteiger partial charge is 1.00 e. The Balaban J connectivity index is 0.00000417. The van der Waals surface area contributed by atoms with Crippen molar-refractivity contribution in [1.82, 2.24) is 0 Å². The van der Waals surface area contributed by atoms with Crippen molar-refractivity contribution in [3.8, 4) is 11.5 Å². The van der Waals surface area contributed by atoms with Gasteiger partial charge in [-0.1, -0.05) is 66.8 Å². The Morgan fingerprint density at radius 1 is 0.761 bits per heavy atom. The average molecular weight is 687 g/mol. The van der Waals surface area contributed by atoms with E-state index in [2.05, 4.69) is 0 Å². The zero-order chi connectivity index (χ0) is 31.6. The predicted molar refractivity (Wildman–Crippen MR) is 171 cm³/mol. The van der Waals surface area contributed by atoms with Gasteiger partial charge in [-0.2, -0.15) is 0 Å². The van der Waals surface area contributed by atoms with E-state index in [0.717, 1.165) is 37.8 Å². The molecule has 2 unspecified atom stereocenters. The van der Waals surface area contributed by atoms with Gasteiger partial charge in [0.15, 0.2) is 17.2 Å². The predicted octanol–water partition coefficient (Wildman–Crippen LogP) is 0.955. The molecule has 0 radical (unpaired) electrons. The molecule has 2 aliphatic heterocycles. The van der Waals surface area contributed by atoms with Gasteiger partial charge in [0.2, 0.25) is 5.88 Å². The number of hydrogen-bond donors (Lipinski definition) is 1. The fourth-order valence-electron chi connectivity index (χ4n) is 5.71. The van der Waals surface area contributed by atoms with Crippen molar-refractivity contribution in [1.29, 1.82) is 0 Å². The molecule has 13 heteroatoms. The Bertz CT molecular complexity index is 2060. The summed E-state index contributed by atoms with van der Waals surface area (Å²) in [5.41, 5.74) is 1.69. The van der Waals surface area contributed by atoms with Gasteiger partial charge >= 0.3 is 51.4 Å². The van der Waals surface area contributed by atoms with Gasteiger partial charge in [-0.25, -0.2) is 16.8 Å². The first-order valence-electron chi connectivity index (χ1n) is 14.5. The second-order valence-electron chi connectivity index (χ2n) is 10.9. The average Bonchev–Trinajstić information content (AvgIpc) is 3.49. The monoisotopic (exact) mass is 686 g/mol. The number of allylic oxidation sites excluding steroid dienone is 4. The molecule has 234 valence electrons. The summed E-state index contributed by atoms with van der Waals surface area (Å²) in [7, 11) is -8.67. The number of fused-ring (bicyclic) bond motifs is 4. The van der Waals surface area contributed by atoms with Crippen LogP contribution in [0.5, 0.6) is 11.5 Å². The van der Waals surface area contributed by atoms with Crippen LogP contribution < -0.4 is 70.7 Å². The van der Waals surface area contributed by atoms with Gasteiger partial charge in [0, 0.05) is 36.6 Å². The number of quaternary nitrogens is 1. The summed E-state index contributed by atoms with van der Waals surface area (Å²) in [5, 5.41) is 4.07. The van der Waals surface area contributed by atoms with Crippen LogP contribution in [0.4, 0.5) is 11.4 Å². The number of hydrogen-bond acceptors (Lipinski definition) is 9. The SMILES string of the molecule is O=S(=O)([O-])CCCN1\C(=C/C=C/C=C/C2Oc3cc4ccccc4cc3[NH+]2CCCS(=O)(=O)[O-])Oc2cc3ccccc3cc21.[K+]. The normalized spacial score (nSPS) is 18.7. The molecule has 0 aromatic heterocycles. The molecule has 0 amide bonds. The smallest absolute Gasteiger partial charge is 0.748 e. The van der Waals surface area contributed by atoms with Crippen molar-refractivity contribution in [2.24, 2.45) is 0 Å². The summed E-state index contributed by atoms with van der Waals surface area (Å²) < 4.78 is 79.8. The van der Waals surface area contributed by atoms with Gasteiger partial charge in [-0.3, -0.25) is 4.90 Å². The quantitative estimate of drug-likeness (QED) is 0.139. The first kappa shape index (κ1) is 34.8. The van der Waals surface area contributed by atoms with Gasteiger partial charge in [0.25, 0.3) is 6.23 Å². The number of benzene rings is 4. The van der Waals surface area contributed by atoms with Crippen molar-refractivity contribution < 1.29 is 91.7 Å². The molecule has 0 aliphatic carbocycles. The minimum Gasteiger partial charge on any atom is -0.748 e. The van der Waals surface area contributed by atoms with Crippen LogP contribution in [-0.4, -0.2) is 56.8 Å². The molecule has 0 bridgehead atoms. The molecular weight excluding hydrogens is 656 g/mol. The van der Waals surface area contributed by atoms with E-state index in [1.54, 1.807) is 18.2 Å². The van der Waals surface area contributed by atoms with Crippen molar-refractivity contribution in [2.45, 2.75) is 19.1 Å². The van der Waals surface area contributed by atoms with Crippen LogP contribution in [-0.2, 0) is 20.2 Å². The van der Waals surface area contributed by atoms with Gasteiger partial charge in [-0.15, -0.1) is 0 Å². The van der Waals surface area contributed by atoms with E-state index in [0.29, 0.717) is 23.9 Å².